The van der Waals surface area contributed by atoms with Crippen LogP contribution in [0.5, 0.6) is 11.5 Å². The van der Waals surface area contributed by atoms with Crippen molar-refractivity contribution in [2.45, 2.75) is 6.92 Å². The highest BCUT2D eigenvalue weighted by Crippen LogP contribution is 2.34. The molecule has 22 heavy (non-hydrogen) atoms. The molecule has 2 amide bonds. The van der Waals surface area contributed by atoms with E-state index < -0.39 is 0 Å². The van der Waals surface area contributed by atoms with Gasteiger partial charge in [-0.15, -0.1) is 6.58 Å². The Labute approximate surface area is 133 Å². The van der Waals surface area contributed by atoms with E-state index in [1.807, 2.05) is 13.0 Å². The first kappa shape index (κ1) is 16.2. The Morgan fingerprint density at radius 2 is 2.09 bits per heavy atom. The van der Waals surface area contributed by atoms with E-state index >= 15 is 0 Å². The maximum atomic E-state index is 12.1. The Morgan fingerprint density at radius 1 is 1.32 bits per heavy atom. The van der Waals surface area contributed by atoms with E-state index in [1.54, 1.807) is 25.3 Å². The van der Waals surface area contributed by atoms with Crippen molar-refractivity contribution in [2.75, 3.05) is 20.3 Å². The molecule has 0 radical (unpaired) electrons. The molecule has 1 aliphatic heterocycles. The number of imide groups is 1. The van der Waals surface area contributed by atoms with Gasteiger partial charge in [-0.05, 0) is 42.5 Å². The maximum Gasteiger partial charge on any atom is 0.293 e. The molecule has 1 fully saturated rings. The molecule has 0 spiro atoms. The van der Waals surface area contributed by atoms with Crippen LogP contribution in [0.2, 0.25) is 0 Å². The molecule has 0 aromatic heterocycles. The van der Waals surface area contributed by atoms with Crippen LogP contribution in [0.15, 0.2) is 35.8 Å². The first-order valence-electron chi connectivity index (χ1n) is 6.77. The Morgan fingerprint density at radius 3 is 2.73 bits per heavy atom. The molecule has 1 aliphatic rings. The summed E-state index contributed by atoms with van der Waals surface area (Å²) in [7, 11) is 1.56. The number of hydrogen-bond donors (Lipinski definition) is 0. The number of nitrogens with zero attached hydrogens (tertiary/aromatic N) is 1. The molecule has 6 heteroatoms. The van der Waals surface area contributed by atoms with Gasteiger partial charge in [0.1, 0.15) is 0 Å². The SMILES string of the molecule is C=CCN1C(=O)S/C(=C\c2ccc(OCC)c(OC)c2)C1=O. The summed E-state index contributed by atoms with van der Waals surface area (Å²) in [5.74, 6) is 0.922. The highest BCUT2D eigenvalue weighted by Gasteiger charge is 2.34. The van der Waals surface area contributed by atoms with E-state index in [0.29, 0.717) is 23.0 Å². The third-order valence-electron chi connectivity index (χ3n) is 2.97. The fourth-order valence-electron chi connectivity index (χ4n) is 1.99. The van der Waals surface area contributed by atoms with Crippen molar-refractivity contribution in [1.82, 2.24) is 4.90 Å². The number of carbonyl (C=O) groups is 2. The minimum absolute atomic E-state index is 0.217. The van der Waals surface area contributed by atoms with Crippen LogP contribution in [-0.2, 0) is 4.79 Å². The maximum absolute atomic E-state index is 12.1. The second-order valence-electron chi connectivity index (χ2n) is 4.42. The third kappa shape index (κ3) is 3.33. The van der Waals surface area contributed by atoms with Crippen molar-refractivity contribution in [3.63, 3.8) is 0 Å². The zero-order valence-corrected chi connectivity index (χ0v) is 13.3. The van der Waals surface area contributed by atoms with Gasteiger partial charge >= 0.3 is 0 Å². The van der Waals surface area contributed by atoms with Crippen molar-refractivity contribution in [3.8, 4) is 11.5 Å². The monoisotopic (exact) mass is 319 g/mol. The summed E-state index contributed by atoms with van der Waals surface area (Å²) in [6, 6.07) is 5.36. The van der Waals surface area contributed by atoms with E-state index in [9.17, 15) is 9.59 Å². The number of hydrogen-bond acceptors (Lipinski definition) is 5. The van der Waals surface area contributed by atoms with Gasteiger partial charge < -0.3 is 9.47 Å². The molecule has 0 atom stereocenters. The number of thioether (sulfide) groups is 1. The second kappa shape index (κ2) is 7.17. The Kier molecular flexibility index (Phi) is 5.27. The molecular formula is C16H17NO4S. The molecule has 1 aromatic carbocycles. The van der Waals surface area contributed by atoms with Gasteiger partial charge in [0, 0.05) is 6.54 Å². The fraction of sp³-hybridized carbons (Fsp3) is 0.250. The Bertz CT molecular complexity index is 639. The minimum Gasteiger partial charge on any atom is -0.493 e. The first-order chi connectivity index (χ1) is 10.6. The van der Waals surface area contributed by atoms with Crippen molar-refractivity contribution in [2.24, 2.45) is 0 Å². The predicted molar refractivity (Wildman–Crippen MR) is 87.0 cm³/mol. The number of carbonyl (C=O) groups excluding carboxylic acids is 2. The Hall–Kier alpha value is -2.21. The Balaban J connectivity index is 2.28. The summed E-state index contributed by atoms with van der Waals surface area (Å²) in [5, 5.41) is -0.283. The smallest absolute Gasteiger partial charge is 0.293 e. The van der Waals surface area contributed by atoms with Crippen LogP contribution in [0, 0.1) is 0 Å². The zero-order chi connectivity index (χ0) is 16.1. The van der Waals surface area contributed by atoms with E-state index in [2.05, 4.69) is 6.58 Å². The molecule has 1 heterocycles. The van der Waals surface area contributed by atoms with E-state index in [4.69, 9.17) is 9.47 Å². The predicted octanol–water partition coefficient (Wildman–Crippen LogP) is 3.32. The van der Waals surface area contributed by atoms with Crippen molar-refractivity contribution < 1.29 is 19.1 Å². The molecule has 1 saturated heterocycles. The highest BCUT2D eigenvalue weighted by atomic mass is 32.2. The standard InChI is InChI=1S/C16H17NO4S/c1-4-8-17-15(18)14(22-16(17)19)10-11-6-7-12(21-5-2)13(9-11)20-3/h4,6-7,9-10H,1,5,8H2,2-3H3/b14-10-. The summed E-state index contributed by atoms with van der Waals surface area (Å²) in [5.41, 5.74) is 0.768. The van der Waals surface area contributed by atoms with Crippen LogP contribution in [-0.4, -0.2) is 36.3 Å². The average Bonchev–Trinajstić information content (AvgIpc) is 2.77. The van der Waals surface area contributed by atoms with Gasteiger partial charge in [0.15, 0.2) is 11.5 Å². The fourth-order valence-corrected chi connectivity index (χ4v) is 2.83. The molecule has 0 N–H and O–H groups in total. The molecule has 5 nitrogen and oxygen atoms in total. The van der Waals surface area contributed by atoms with Gasteiger partial charge in [-0.1, -0.05) is 12.1 Å². The van der Waals surface area contributed by atoms with Gasteiger partial charge in [0.05, 0.1) is 18.6 Å². The van der Waals surface area contributed by atoms with Crippen LogP contribution >= 0.6 is 11.8 Å². The lowest BCUT2D eigenvalue weighted by molar-refractivity contribution is -0.122. The summed E-state index contributed by atoms with van der Waals surface area (Å²) in [6.07, 6.45) is 3.20. The van der Waals surface area contributed by atoms with Crippen molar-refractivity contribution >= 4 is 29.0 Å². The van der Waals surface area contributed by atoms with Crippen LogP contribution in [0.25, 0.3) is 6.08 Å². The first-order valence-corrected chi connectivity index (χ1v) is 7.59. The van der Waals surface area contributed by atoms with E-state index in [0.717, 1.165) is 22.2 Å². The number of benzene rings is 1. The summed E-state index contributed by atoms with van der Waals surface area (Å²) in [6.45, 7) is 6.19. The van der Waals surface area contributed by atoms with E-state index in [-0.39, 0.29) is 17.7 Å². The number of ether oxygens (including phenoxy) is 2. The molecule has 0 saturated carbocycles. The lowest BCUT2D eigenvalue weighted by Crippen LogP contribution is -2.27. The number of methoxy groups -OCH3 is 1. The number of rotatable bonds is 6. The van der Waals surface area contributed by atoms with Crippen LogP contribution < -0.4 is 9.47 Å². The van der Waals surface area contributed by atoms with E-state index in [1.165, 1.54) is 6.08 Å². The largest absolute Gasteiger partial charge is 0.493 e. The molecule has 1 aromatic rings. The van der Waals surface area contributed by atoms with Gasteiger partial charge in [0.25, 0.3) is 11.1 Å². The van der Waals surface area contributed by atoms with Crippen molar-refractivity contribution in [1.29, 1.82) is 0 Å². The van der Waals surface area contributed by atoms with Crippen molar-refractivity contribution in [3.05, 3.63) is 41.3 Å². The normalized spacial score (nSPS) is 16.3. The molecule has 0 bridgehead atoms. The lowest BCUT2D eigenvalue weighted by Gasteiger charge is -2.10. The topological polar surface area (TPSA) is 55.8 Å². The average molecular weight is 319 g/mol. The quantitative estimate of drug-likeness (QED) is 0.595. The summed E-state index contributed by atoms with van der Waals surface area (Å²) >= 11 is 0.923. The zero-order valence-electron chi connectivity index (χ0n) is 12.5. The molecule has 116 valence electrons. The van der Waals surface area contributed by atoms with Gasteiger partial charge in [-0.3, -0.25) is 14.5 Å². The minimum atomic E-state index is -0.303. The highest BCUT2D eigenvalue weighted by molar-refractivity contribution is 8.18. The molecular weight excluding hydrogens is 302 g/mol. The number of amides is 2. The molecule has 0 aliphatic carbocycles. The van der Waals surface area contributed by atoms with Crippen LogP contribution in [0.3, 0.4) is 0 Å². The third-order valence-corrected chi connectivity index (χ3v) is 3.88. The van der Waals surface area contributed by atoms with Gasteiger partial charge in [-0.25, -0.2) is 0 Å². The van der Waals surface area contributed by atoms with Gasteiger partial charge in [-0.2, -0.15) is 0 Å². The molecule has 0 unspecified atom stereocenters. The van der Waals surface area contributed by atoms with Crippen LogP contribution in [0.1, 0.15) is 12.5 Å². The molecule has 2 rings (SSSR count). The summed E-state index contributed by atoms with van der Waals surface area (Å²) in [4.78, 5) is 25.5. The second-order valence-corrected chi connectivity index (χ2v) is 5.42. The summed E-state index contributed by atoms with van der Waals surface area (Å²) < 4.78 is 10.7. The van der Waals surface area contributed by atoms with Crippen LogP contribution in [0.4, 0.5) is 4.79 Å². The van der Waals surface area contributed by atoms with Gasteiger partial charge in [0.2, 0.25) is 0 Å². The lowest BCUT2D eigenvalue weighted by atomic mass is 10.2.